The zero-order valence-electron chi connectivity index (χ0n) is 14.4. The molecule has 0 spiro atoms. The van der Waals surface area contributed by atoms with Gasteiger partial charge in [-0.05, 0) is 48.7 Å². The van der Waals surface area contributed by atoms with E-state index in [9.17, 15) is 18.0 Å². The molecule has 2 aromatic carbocycles. The molecule has 0 unspecified atom stereocenters. The monoisotopic (exact) mass is 376 g/mol. The number of carbonyl (C=O) groups is 1. The zero-order valence-corrected chi connectivity index (χ0v) is 14.4. The Hall–Kier alpha value is -2.80. The highest BCUT2D eigenvalue weighted by Crippen LogP contribution is 2.33. The van der Waals surface area contributed by atoms with Gasteiger partial charge in [0.2, 0.25) is 0 Å². The van der Waals surface area contributed by atoms with Crippen molar-refractivity contribution in [1.82, 2.24) is 0 Å². The molecule has 4 nitrogen and oxygen atoms in total. The maximum absolute atomic E-state index is 14.0. The van der Waals surface area contributed by atoms with Gasteiger partial charge in [0.15, 0.2) is 11.6 Å². The summed E-state index contributed by atoms with van der Waals surface area (Å²) in [7, 11) is 0. The Labute approximate surface area is 154 Å². The molecule has 0 radical (unpaired) electrons. The minimum absolute atomic E-state index is 0.0916. The molecule has 0 saturated carbocycles. The Kier molecular flexibility index (Phi) is 5.51. The lowest BCUT2D eigenvalue weighted by Gasteiger charge is -2.29. The van der Waals surface area contributed by atoms with Crippen LogP contribution in [0, 0.1) is 17.5 Å². The molecule has 0 fully saturated rings. The summed E-state index contributed by atoms with van der Waals surface area (Å²) in [6.45, 7) is 0.507. The Morgan fingerprint density at radius 3 is 2.41 bits per heavy atom. The van der Waals surface area contributed by atoms with Crippen LogP contribution < -0.4 is 11.1 Å². The summed E-state index contributed by atoms with van der Waals surface area (Å²) in [4.78, 5) is 10.9. The third-order valence-corrected chi connectivity index (χ3v) is 4.77. The van der Waals surface area contributed by atoms with Crippen LogP contribution in [0.2, 0.25) is 0 Å². The molecular formula is C20H19F3N2O2. The molecule has 2 atom stereocenters. The highest BCUT2D eigenvalue weighted by atomic mass is 19.2. The van der Waals surface area contributed by atoms with E-state index >= 15 is 0 Å². The normalized spacial score (nSPS) is 19.5. The van der Waals surface area contributed by atoms with Crippen LogP contribution in [0.5, 0.6) is 0 Å². The molecule has 3 rings (SSSR count). The van der Waals surface area contributed by atoms with Crippen LogP contribution in [0.4, 0.5) is 18.9 Å². The summed E-state index contributed by atoms with van der Waals surface area (Å²) in [6.07, 6.45) is 2.84. The lowest BCUT2D eigenvalue weighted by atomic mass is 9.80. The van der Waals surface area contributed by atoms with Crippen molar-refractivity contribution in [3.63, 3.8) is 0 Å². The van der Waals surface area contributed by atoms with Crippen molar-refractivity contribution < 1.29 is 23.1 Å². The molecule has 0 aliphatic heterocycles. The molecule has 27 heavy (non-hydrogen) atoms. The first-order valence-electron chi connectivity index (χ1n) is 8.50. The van der Waals surface area contributed by atoms with E-state index < -0.39 is 35.4 Å². The van der Waals surface area contributed by atoms with Crippen molar-refractivity contribution in [3.8, 4) is 0 Å². The fourth-order valence-electron chi connectivity index (χ4n) is 3.27. The zero-order chi connectivity index (χ0) is 19.6. The number of anilines is 1. The second-order valence-electron chi connectivity index (χ2n) is 6.60. The number of rotatable bonds is 5. The summed E-state index contributed by atoms with van der Waals surface area (Å²) in [6, 6.07) is 7.38. The van der Waals surface area contributed by atoms with Gasteiger partial charge in [-0.15, -0.1) is 0 Å². The number of allylic oxidation sites excluding steroid dienone is 1. The average molecular weight is 376 g/mol. The van der Waals surface area contributed by atoms with Crippen LogP contribution in [0.25, 0.3) is 0 Å². The first-order valence-corrected chi connectivity index (χ1v) is 8.50. The standard InChI is InChI=1S/C20H19F3N2O2/c21-16-9-18(23)17(22)8-15(16)14-6-1-11(7-19(14)24)10-25-13-4-2-12(3-5-13)20(26)27/h1-5,8-9,14,19,25H,6-7,10,24H2,(H,26,27)/t14-,19+/m1/s1. The second-order valence-corrected chi connectivity index (χ2v) is 6.60. The Morgan fingerprint density at radius 2 is 1.78 bits per heavy atom. The largest absolute Gasteiger partial charge is 0.478 e. The maximum Gasteiger partial charge on any atom is 0.335 e. The van der Waals surface area contributed by atoms with Gasteiger partial charge in [-0.3, -0.25) is 0 Å². The first-order chi connectivity index (χ1) is 12.8. The molecule has 2 aromatic rings. The van der Waals surface area contributed by atoms with Crippen molar-refractivity contribution in [2.45, 2.75) is 24.8 Å². The van der Waals surface area contributed by atoms with E-state index in [4.69, 9.17) is 10.8 Å². The number of hydrogen-bond acceptors (Lipinski definition) is 3. The molecule has 0 saturated heterocycles. The van der Waals surface area contributed by atoms with Gasteiger partial charge >= 0.3 is 5.97 Å². The number of carboxylic acids is 1. The van der Waals surface area contributed by atoms with Crippen molar-refractivity contribution in [3.05, 3.63) is 76.6 Å². The van der Waals surface area contributed by atoms with Gasteiger partial charge in [0.05, 0.1) is 5.56 Å². The molecule has 142 valence electrons. The highest BCUT2D eigenvalue weighted by molar-refractivity contribution is 5.88. The van der Waals surface area contributed by atoms with Gasteiger partial charge in [0, 0.05) is 30.3 Å². The molecule has 7 heteroatoms. The summed E-state index contributed by atoms with van der Waals surface area (Å²) in [5.74, 6) is -4.49. The van der Waals surface area contributed by atoms with E-state index in [1.54, 1.807) is 12.1 Å². The van der Waals surface area contributed by atoms with Crippen LogP contribution in [0.15, 0.2) is 48.0 Å². The fraction of sp³-hybridized carbons (Fsp3) is 0.250. The molecule has 0 heterocycles. The van der Waals surface area contributed by atoms with Crippen LogP contribution >= 0.6 is 0 Å². The minimum Gasteiger partial charge on any atom is -0.478 e. The van der Waals surface area contributed by atoms with Crippen LogP contribution in [0.1, 0.15) is 34.7 Å². The van der Waals surface area contributed by atoms with Crippen molar-refractivity contribution in [2.75, 3.05) is 11.9 Å². The molecule has 4 N–H and O–H groups in total. The number of benzene rings is 2. The number of halogens is 3. The van der Waals surface area contributed by atoms with E-state index in [0.29, 0.717) is 25.5 Å². The summed E-state index contributed by atoms with van der Waals surface area (Å²) >= 11 is 0. The van der Waals surface area contributed by atoms with Crippen LogP contribution in [-0.4, -0.2) is 23.7 Å². The number of nitrogens with one attached hydrogen (secondary N) is 1. The Balaban J connectivity index is 1.65. The molecule has 0 bridgehead atoms. The number of carboxylic acid groups (broad SMARTS) is 1. The quantitative estimate of drug-likeness (QED) is 0.544. The van der Waals surface area contributed by atoms with Crippen LogP contribution in [-0.2, 0) is 0 Å². The smallest absolute Gasteiger partial charge is 0.335 e. The lowest BCUT2D eigenvalue weighted by Crippen LogP contribution is -2.33. The van der Waals surface area contributed by atoms with Crippen molar-refractivity contribution in [2.24, 2.45) is 5.73 Å². The number of hydrogen-bond donors (Lipinski definition) is 3. The Bertz CT molecular complexity index is 882. The predicted molar refractivity (Wildman–Crippen MR) is 96.2 cm³/mol. The van der Waals surface area contributed by atoms with Crippen LogP contribution in [0.3, 0.4) is 0 Å². The third-order valence-electron chi connectivity index (χ3n) is 4.77. The lowest BCUT2D eigenvalue weighted by molar-refractivity contribution is 0.0697. The van der Waals surface area contributed by atoms with E-state index in [0.717, 1.165) is 17.3 Å². The second kappa shape index (κ2) is 7.84. The van der Waals surface area contributed by atoms with E-state index in [1.807, 2.05) is 6.08 Å². The van der Waals surface area contributed by atoms with Gasteiger partial charge < -0.3 is 16.2 Å². The topological polar surface area (TPSA) is 75.3 Å². The third kappa shape index (κ3) is 4.31. The molecular weight excluding hydrogens is 357 g/mol. The Morgan fingerprint density at radius 1 is 1.11 bits per heavy atom. The van der Waals surface area contributed by atoms with E-state index in [1.165, 1.54) is 12.1 Å². The fourth-order valence-corrected chi connectivity index (χ4v) is 3.27. The van der Waals surface area contributed by atoms with Crippen molar-refractivity contribution in [1.29, 1.82) is 0 Å². The summed E-state index contributed by atoms with van der Waals surface area (Å²) in [5, 5.41) is 12.1. The van der Waals surface area contributed by atoms with Gasteiger partial charge in [0.25, 0.3) is 0 Å². The van der Waals surface area contributed by atoms with Gasteiger partial charge in [0.1, 0.15) is 5.82 Å². The number of aromatic carboxylic acids is 1. The number of nitrogens with two attached hydrogens (primary N) is 1. The minimum atomic E-state index is -1.21. The molecule has 1 aliphatic rings. The maximum atomic E-state index is 14.0. The van der Waals surface area contributed by atoms with Gasteiger partial charge in [-0.25, -0.2) is 18.0 Å². The van der Waals surface area contributed by atoms with Crippen molar-refractivity contribution >= 4 is 11.7 Å². The predicted octanol–water partition coefficient (Wildman–Crippen LogP) is 4.05. The SMILES string of the molecule is N[C@H]1CC(CNc2ccc(C(=O)O)cc2)=CC[C@@H]1c1cc(F)c(F)cc1F. The van der Waals surface area contributed by atoms with Gasteiger partial charge in [-0.1, -0.05) is 11.6 Å². The van der Waals surface area contributed by atoms with E-state index in [-0.39, 0.29) is 11.1 Å². The summed E-state index contributed by atoms with van der Waals surface area (Å²) in [5.41, 5.74) is 8.24. The molecule has 0 amide bonds. The summed E-state index contributed by atoms with van der Waals surface area (Å²) < 4.78 is 40.6. The molecule has 0 aromatic heterocycles. The highest BCUT2D eigenvalue weighted by Gasteiger charge is 2.27. The first kappa shape index (κ1) is 19.0. The van der Waals surface area contributed by atoms with Gasteiger partial charge in [-0.2, -0.15) is 0 Å². The van der Waals surface area contributed by atoms with E-state index in [2.05, 4.69) is 5.32 Å². The average Bonchev–Trinajstić information content (AvgIpc) is 2.64. The molecule has 1 aliphatic carbocycles.